The van der Waals surface area contributed by atoms with Crippen molar-refractivity contribution in [3.05, 3.63) is 63.1 Å². The first-order valence-corrected chi connectivity index (χ1v) is 6.77. The van der Waals surface area contributed by atoms with Crippen LogP contribution in [0.2, 0.25) is 5.02 Å². The van der Waals surface area contributed by atoms with E-state index in [9.17, 15) is 4.39 Å². The van der Waals surface area contributed by atoms with Gasteiger partial charge in [0.1, 0.15) is 5.82 Å². The van der Waals surface area contributed by atoms with Crippen molar-refractivity contribution in [3.63, 3.8) is 0 Å². The summed E-state index contributed by atoms with van der Waals surface area (Å²) in [5, 5.41) is 0.353. The molecule has 1 unspecified atom stereocenters. The van der Waals surface area contributed by atoms with Crippen molar-refractivity contribution in [2.24, 2.45) is 5.84 Å². The standard InChI is InChI=1S/C13H12BrClFN3/c14-9-3-8(6-18-7-9)4-13(19-17)11-2-1-10(16)5-12(11)15/h1-3,5-7,13,19H,4,17H2. The number of benzene rings is 1. The maximum Gasteiger partial charge on any atom is 0.124 e. The SMILES string of the molecule is NNC(Cc1cncc(Br)c1)c1ccc(F)cc1Cl. The number of nitrogens with one attached hydrogen (secondary N) is 1. The molecule has 0 aliphatic heterocycles. The molecular formula is C13H12BrClFN3. The lowest BCUT2D eigenvalue weighted by Crippen LogP contribution is -2.29. The molecule has 0 saturated heterocycles. The summed E-state index contributed by atoms with van der Waals surface area (Å²) >= 11 is 9.40. The van der Waals surface area contributed by atoms with E-state index in [1.807, 2.05) is 6.07 Å². The molecule has 1 aromatic heterocycles. The van der Waals surface area contributed by atoms with Crippen LogP contribution in [-0.4, -0.2) is 4.98 Å². The monoisotopic (exact) mass is 343 g/mol. The van der Waals surface area contributed by atoms with Crippen molar-refractivity contribution in [3.8, 4) is 0 Å². The van der Waals surface area contributed by atoms with Crippen LogP contribution in [0.4, 0.5) is 4.39 Å². The molecule has 1 atom stereocenters. The first-order chi connectivity index (χ1) is 9.10. The van der Waals surface area contributed by atoms with Gasteiger partial charge in [0.25, 0.3) is 0 Å². The van der Waals surface area contributed by atoms with E-state index in [0.29, 0.717) is 11.4 Å². The van der Waals surface area contributed by atoms with Gasteiger partial charge in [-0.2, -0.15) is 0 Å². The van der Waals surface area contributed by atoms with Crippen molar-refractivity contribution in [2.45, 2.75) is 12.5 Å². The van der Waals surface area contributed by atoms with E-state index in [-0.39, 0.29) is 11.9 Å². The maximum atomic E-state index is 13.0. The Morgan fingerprint density at radius 2 is 2.16 bits per heavy atom. The molecule has 1 aromatic carbocycles. The average Bonchev–Trinajstić information content (AvgIpc) is 2.37. The summed E-state index contributed by atoms with van der Waals surface area (Å²) in [5.74, 6) is 5.20. The van der Waals surface area contributed by atoms with E-state index in [2.05, 4.69) is 26.3 Å². The Bertz CT molecular complexity index is 580. The number of halogens is 3. The molecule has 6 heteroatoms. The van der Waals surface area contributed by atoms with Crippen LogP contribution in [0, 0.1) is 5.82 Å². The van der Waals surface area contributed by atoms with E-state index in [0.717, 1.165) is 15.6 Å². The normalized spacial score (nSPS) is 12.4. The summed E-state index contributed by atoms with van der Waals surface area (Å²) in [4.78, 5) is 4.09. The molecule has 0 amide bonds. The number of hydrazine groups is 1. The number of pyridine rings is 1. The van der Waals surface area contributed by atoms with Gasteiger partial charge >= 0.3 is 0 Å². The Morgan fingerprint density at radius 3 is 2.79 bits per heavy atom. The highest BCUT2D eigenvalue weighted by atomic mass is 79.9. The lowest BCUT2D eigenvalue weighted by molar-refractivity contribution is 0.548. The van der Waals surface area contributed by atoms with Gasteiger partial charge in [-0.05, 0) is 51.7 Å². The quantitative estimate of drug-likeness (QED) is 0.660. The minimum absolute atomic E-state index is 0.204. The molecule has 19 heavy (non-hydrogen) atoms. The number of aromatic nitrogens is 1. The van der Waals surface area contributed by atoms with Crippen molar-refractivity contribution in [1.29, 1.82) is 0 Å². The fraction of sp³-hybridized carbons (Fsp3) is 0.154. The number of rotatable bonds is 4. The molecule has 0 saturated carbocycles. The topological polar surface area (TPSA) is 50.9 Å². The second kappa shape index (κ2) is 6.43. The van der Waals surface area contributed by atoms with Crippen LogP contribution in [0.15, 0.2) is 41.1 Å². The molecule has 2 rings (SSSR count). The Hall–Kier alpha value is -1.01. The Morgan fingerprint density at radius 1 is 1.37 bits per heavy atom. The number of hydrogen-bond acceptors (Lipinski definition) is 3. The summed E-state index contributed by atoms with van der Waals surface area (Å²) in [6.45, 7) is 0. The predicted octanol–water partition coefficient (Wildman–Crippen LogP) is 3.38. The third-order valence-electron chi connectivity index (χ3n) is 2.74. The van der Waals surface area contributed by atoms with Crippen LogP contribution >= 0.6 is 27.5 Å². The molecule has 0 bridgehead atoms. The van der Waals surface area contributed by atoms with Crippen LogP contribution < -0.4 is 11.3 Å². The highest BCUT2D eigenvalue weighted by Gasteiger charge is 2.15. The highest BCUT2D eigenvalue weighted by molar-refractivity contribution is 9.10. The van der Waals surface area contributed by atoms with E-state index in [1.54, 1.807) is 18.5 Å². The lowest BCUT2D eigenvalue weighted by atomic mass is 10.0. The van der Waals surface area contributed by atoms with Gasteiger partial charge in [0.2, 0.25) is 0 Å². The third-order valence-corrected chi connectivity index (χ3v) is 3.50. The zero-order chi connectivity index (χ0) is 13.8. The van der Waals surface area contributed by atoms with Crippen LogP contribution in [0.1, 0.15) is 17.2 Å². The average molecular weight is 345 g/mol. The summed E-state index contributed by atoms with van der Waals surface area (Å²) < 4.78 is 13.9. The van der Waals surface area contributed by atoms with Crippen LogP contribution in [0.25, 0.3) is 0 Å². The van der Waals surface area contributed by atoms with Gasteiger partial charge in [-0.25, -0.2) is 4.39 Å². The van der Waals surface area contributed by atoms with Crippen molar-refractivity contribution >= 4 is 27.5 Å². The zero-order valence-corrected chi connectivity index (χ0v) is 12.2. The van der Waals surface area contributed by atoms with Crippen LogP contribution in [-0.2, 0) is 6.42 Å². The maximum absolute atomic E-state index is 13.0. The highest BCUT2D eigenvalue weighted by Crippen LogP contribution is 2.26. The molecule has 100 valence electrons. The summed E-state index contributed by atoms with van der Waals surface area (Å²) in [7, 11) is 0. The molecule has 3 N–H and O–H groups in total. The Balaban J connectivity index is 2.25. The van der Waals surface area contributed by atoms with Crippen LogP contribution in [0.3, 0.4) is 0 Å². The molecular weight excluding hydrogens is 333 g/mol. The molecule has 3 nitrogen and oxygen atoms in total. The lowest BCUT2D eigenvalue weighted by Gasteiger charge is -2.17. The zero-order valence-electron chi connectivity index (χ0n) is 9.91. The smallest absolute Gasteiger partial charge is 0.124 e. The molecule has 0 fully saturated rings. The van der Waals surface area contributed by atoms with Gasteiger partial charge < -0.3 is 0 Å². The molecule has 2 aromatic rings. The minimum atomic E-state index is -0.367. The van der Waals surface area contributed by atoms with Gasteiger partial charge in [0.05, 0.1) is 6.04 Å². The summed E-state index contributed by atoms with van der Waals surface area (Å²) in [6, 6.07) is 6.03. The predicted molar refractivity (Wildman–Crippen MR) is 77.1 cm³/mol. The second-order valence-corrected chi connectivity index (χ2v) is 5.42. The molecule has 0 spiro atoms. The second-order valence-electron chi connectivity index (χ2n) is 4.10. The summed E-state index contributed by atoms with van der Waals surface area (Å²) in [6.07, 6.45) is 4.07. The number of nitrogens with zero attached hydrogens (tertiary/aromatic N) is 1. The first-order valence-electron chi connectivity index (χ1n) is 5.60. The Labute approximate surface area is 124 Å². The summed E-state index contributed by atoms with van der Waals surface area (Å²) in [5.41, 5.74) is 4.45. The fourth-order valence-electron chi connectivity index (χ4n) is 1.85. The van der Waals surface area contributed by atoms with Crippen molar-refractivity contribution < 1.29 is 4.39 Å². The van der Waals surface area contributed by atoms with E-state index in [1.165, 1.54) is 12.1 Å². The fourth-order valence-corrected chi connectivity index (χ4v) is 2.56. The van der Waals surface area contributed by atoms with Gasteiger partial charge in [-0.1, -0.05) is 17.7 Å². The van der Waals surface area contributed by atoms with Gasteiger partial charge in [0, 0.05) is 21.9 Å². The molecule has 0 radical (unpaired) electrons. The van der Waals surface area contributed by atoms with E-state index in [4.69, 9.17) is 17.4 Å². The van der Waals surface area contributed by atoms with Gasteiger partial charge in [-0.15, -0.1) is 0 Å². The molecule has 1 heterocycles. The largest absolute Gasteiger partial charge is 0.271 e. The Kier molecular flexibility index (Phi) is 4.87. The molecule has 0 aliphatic carbocycles. The minimum Gasteiger partial charge on any atom is -0.271 e. The van der Waals surface area contributed by atoms with Gasteiger partial charge in [-0.3, -0.25) is 16.3 Å². The third kappa shape index (κ3) is 3.73. The van der Waals surface area contributed by atoms with Crippen molar-refractivity contribution in [2.75, 3.05) is 0 Å². The van der Waals surface area contributed by atoms with E-state index < -0.39 is 0 Å². The first kappa shape index (κ1) is 14.4. The van der Waals surface area contributed by atoms with Crippen molar-refractivity contribution in [1.82, 2.24) is 10.4 Å². The van der Waals surface area contributed by atoms with Crippen LogP contribution in [0.5, 0.6) is 0 Å². The van der Waals surface area contributed by atoms with Gasteiger partial charge in [0.15, 0.2) is 0 Å². The molecule has 0 aliphatic rings. The van der Waals surface area contributed by atoms with E-state index >= 15 is 0 Å². The number of hydrogen-bond donors (Lipinski definition) is 2. The number of nitrogens with two attached hydrogens (primary N) is 1.